The van der Waals surface area contributed by atoms with Gasteiger partial charge in [-0.05, 0) is 6.07 Å². The number of para-hydroxylation sites is 1. The molecule has 1 aliphatic heterocycles. The minimum atomic E-state index is -1.36. The molecule has 68 valence electrons. The second-order valence-corrected chi connectivity index (χ2v) is 2.78. The Morgan fingerprint density at radius 3 is 2.77 bits per heavy atom. The zero-order valence-electron chi connectivity index (χ0n) is 6.58. The highest BCUT2D eigenvalue weighted by molar-refractivity contribution is 5.38. The van der Waals surface area contributed by atoms with E-state index in [0.29, 0.717) is 11.3 Å². The van der Waals surface area contributed by atoms with Gasteiger partial charge in [-0.15, -0.1) is 0 Å². The van der Waals surface area contributed by atoms with E-state index in [4.69, 9.17) is 4.74 Å². The van der Waals surface area contributed by atoms with Crippen molar-refractivity contribution in [3.8, 4) is 5.75 Å². The molecule has 1 aromatic carbocycles. The van der Waals surface area contributed by atoms with Crippen LogP contribution >= 0.6 is 0 Å². The van der Waals surface area contributed by atoms with Gasteiger partial charge in [0.05, 0.1) is 4.92 Å². The van der Waals surface area contributed by atoms with E-state index in [9.17, 15) is 15.2 Å². The van der Waals surface area contributed by atoms with Crippen molar-refractivity contribution in [3.63, 3.8) is 0 Å². The van der Waals surface area contributed by atoms with Gasteiger partial charge in [0.25, 0.3) is 0 Å². The number of benzene rings is 1. The predicted octanol–water partition coefficient (Wildman–Crippen LogP) is 0.715. The van der Waals surface area contributed by atoms with Crippen LogP contribution in [0.4, 0.5) is 0 Å². The summed E-state index contributed by atoms with van der Waals surface area (Å²) >= 11 is 0. The van der Waals surface area contributed by atoms with E-state index in [1.165, 1.54) is 0 Å². The number of ether oxygens (including phenoxy) is 1. The van der Waals surface area contributed by atoms with Crippen LogP contribution in [0.3, 0.4) is 0 Å². The number of nitrogens with zero attached hydrogens (tertiary/aromatic N) is 1. The molecule has 0 aliphatic carbocycles. The molecule has 0 fully saturated rings. The Morgan fingerprint density at radius 2 is 2.15 bits per heavy atom. The lowest BCUT2D eigenvalue weighted by Gasteiger charge is -2.04. The number of aliphatic hydroxyl groups is 1. The van der Waals surface area contributed by atoms with E-state index in [1.54, 1.807) is 24.3 Å². The minimum absolute atomic E-state index is 0.386. The summed E-state index contributed by atoms with van der Waals surface area (Å²) in [6.07, 6.45) is -2.52. The third-order valence-electron chi connectivity index (χ3n) is 1.96. The van der Waals surface area contributed by atoms with Crippen molar-refractivity contribution >= 4 is 0 Å². The normalized spacial score (nSPS) is 25.0. The van der Waals surface area contributed by atoms with Crippen LogP contribution in [0, 0.1) is 10.1 Å². The highest BCUT2D eigenvalue weighted by atomic mass is 16.7. The highest BCUT2D eigenvalue weighted by Gasteiger charge is 2.41. The third-order valence-corrected chi connectivity index (χ3v) is 1.96. The second kappa shape index (κ2) is 2.70. The van der Waals surface area contributed by atoms with Gasteiger partial charge >= 0.3 is 6.23 Å². The topological polar surface area (TPSA) is 72.6 Å². The van der Waals surface area contributed by atoms with Gasteiger partial charge in [0.2, 0.25) is 0 Å². The molecule has 0 spiro atoms. The summed E-state index contributed by atoms with van der Waals surface area (Å²) in [6, 6.07) is 6.62. The number of hydrogen-bond acceptors (Lipinski definition) is 4. The fourth-order valence-corrected chi connectivity index (χ4v) is 1.34. The minimum Gasteiger partial charge on any atom is -0.427 e. The van der Waals surface area contributed by atoms with Crippen molar-refractivity contribution in [2.45, 2.75) is 12.3 Å². The maximum atomic E-state index is 10.4. The molecule has 5 nitrogen and oxygen atoms in total. The van der Waals surface area contributed by atoms with E-state index in [2.05, 4.69) is 0 Å². The van der Waals surface area contributed by atoms with Crippen molar-refractivity contribution in [1.82, 2.24) is 0 Å². The van der Waals surface area contributed by atoms with Gasteiger partial charge in [0, 0.05) is 5.56 Å². The molecule has 0 aromatic heterocycles. The Hall–Kier alpha value is -1.62. The summed E-state index contributed by atoms with van der Waals surface area (Å²) in [5.41, 5.74) is 0.476. The first-order chi connectivity index (χ1) is 6.20. The smallest absolute Gasteiger partial charge is 0.384 e. The number of hydrogen-bond donors (Lipinski definition) is 1. The second-order valence-electron chi connectivity index (χ2n) is 2.78. The summed E-state index contributed by atoms with van der Waals surface area (Å²) in [7, 11) is 0. The molecule has 2 rings (SSSR count). The molecule has 1 aliphatic rings. The first kappa shape index (κ1) is 8.00. The van der Waals surface area contributed by atoms with E-state index >= 15 is 0 Å². The number of nitro groups is 1. The van der Waals surface area contributed by atoms with Crippen LogP contribution in [0.15, 0.2) is 24.3 Å². The number of aliphatic hydroxyl groups excluding tert-OH is 1. The van der Waals surface area contributed by atoms with E-state index in [1.807, 2.05) is 0 Å². The van der Waals surface area contributed by atoms with Gasteiger partial charge in [0.1, 0.15) is 5.75 Å². The van der Waals surface area contributed by atoms with Crippen molar-refractivity contribution in [1.29, 1.82) is 0 Å². The first-order valence-corrected chi connectivity index (χ1v) is 3.77. The van der Waals surface area contributed by atoms with Crippen LogP contribution in [0.25, 0.3) is 0 Å². The number of fused-ring (bicyclic) bond motifs is 1. The van der Waals surface area contributed by atoms with Crippen molar-refractivity contribution < 1.29 is 14.8 Å². The fourth-order valence-electron chi connectivity index (χ4n) is 1.34. The summed E-state index contributed by atoms with van der Waals surface area (Å²) in [4.78, 5) is 9.77. The van der Waals surface area contributed by atoms with Crippen molar-refractivity contribution in [3.05, 3.63) is 39.9 Å². The predicted molar refractivity (Wildman–Crippen MR) is 42.8 cm³/mol. The Bertz CT molecular complexity index is 352. The maximum absolute atomic E-state index is 10.4. The van der Waals surface area contributed by atoms with Crippen LogP contribution in [0.1, 0.15) is 11.7 Å². The molecule has 1 aromatic rings. The van der Waals surface area contributed by atoms with Crippen LogP contribution in [0.2, 0.25) is 0 Å². The zero-order valence-corrected chi connectivity index (χ0v) is 6.58. The van der Waals surface area contributed by atoms with Crippen molar-refractivity contribution in [2.75, 3.05) is 0 Å². The molecular weight excluding hydrogens is 174 g/mol. The molecule has 1 heterocycles. The first-order valence-electron chi connectivity index (χ1n) is 3.77. The van der Waals surface area contributed by atoms with Crippen LogP contribution < -0.4 is 4.74 Å². The van der Waals surface area contributed by atoms with Gasteiger partial charge < -0.3 is 9.84 Å². The van der Waals surface area contributed by atoms with E-state index in [0.717, 1.165) is 0 Å². The summed E-state index contributed by atoms with van der Waals surface area (Å²) in [5.74, 6) is 0.386. The largest absolute Gasteiger partial charge is 0.427 e. The average molecular weight is 181 g/mol. The Morgan fingerprint density at radius 1 is 1.46 bits per heavy atom. The third kappa shape index (κ3) is 1.13. The lowest BCUT2D eigenvalue weighted by Crippen LogP contribution is -2.27. The molecule has 5 heteroatoms. The summed E-state index contributed by atoms with van der Waals surface area (Å²) in [5, 5.41) is 19.8. The van der Waals surface area contributed by atoms with E-state index < -0.39 is 17.3 Å². The van der Waals surface area contributed by atoms with Crippen LogP contribution in [-0.4, -0.2) is 16.3 Å². The van der Waals surface area contributed by atoms with Gasteiger partial charge in [0.15, 0.2) is 6.10 Å². The molecule has 0 radical (unpaired) electrons. The highest BCUT2D eigenvalue weighted by Crippen LogP contribution is 2.36. The molecule has 1 N–H and O–H groups in total. The SMILES string of the molecule is O=[N+]([O-])[C@@H]1Oc2ccccc2[C@@H]1O. The van der Waals surface area contributed by atoms with Gasteiger partial charge in [-0.3, -0.25) is 10.1 Å². The molecule has 0 bridgehead atoms. The lowest BCUT2D eigenvalue weighted by molar-refractivity contribution is -0.572. The quantitative estimate of drug-likeness (QED) is 0.511. The molecule has 2 atom stereocenters. The Balaban J connectivity index is 2.38. The maximum Gasteiger partial charge on any atom is 0.384 e. The number of rotatable bonds is 1. The van der Waals surface area contributed by atoms with E-state index in [-0.39, 0.29) is 0 Å². The lowest BCUT2D eigenvalue weighted by atomic mass is 10.1. The van der Waals surface area contributed by atoms with Crippen LogP contribution in [0.5, 0.6) is 5.75 Å². The average Bonchev–Trinajstić information content (AvgIpc) is 2.45. The van der Waals surface area contributed by atoms with Crippen LogP contribution in [-0.2, 0) is 0 Å². The fraction of sp³-hybridized carbons (Fsp3) is 0.250. The Labute approximate surface area is 73.7 Å². The molecule has 13 heavy (non-hydrogen) atoms. The monoisotopic (exact) mass is 181 g/mol. The molecule has 0 saturated heterocycles. The van der Waals surface area contributed by atoms with Crippen molar-refractivity contribution in [2.24, 2.45) is 0 Å². The van der Waals surface area contributed by atoms with Gasteiger partial charge in [-0.2, -0.15) is 0 Å². The van der Waals surface area contributed by atoms with Gasteiger partial charge in [-0.1, -0.05) is 18.2 Å². The molecular formula is C8H7NO4. The summed E-state index contributed by atoms with van der Waals surface area (Å²) in [6.45, 7) is 0. The summed E-state index contributed by atoms with van der Waals surface area (Å²) < 4.78 is 4.93. The Kier molecular flexibility index (Phi) is 1.66. The molecule has 0 unspecified atom stereocenters. The molecule has 0 amide bonds. The zero-order chi connectivity index (χ0) is 9.42. The molecule has 0 saturated carbocycles. The van der Waals surface area contributed by atoms with Gasteiger partial charge in [-0.25, -0.2) is 0 Å². The standard InChI is InChI=1S/C8H7NO4/c10-7-5-3-1-2-4-6(5)13-8(7)9(11)12/h1-4,7-8,10H/t7-,8+/m0/s1.